The number of hydrogen-bond acceptors (Lipinski definition) is 1. The molecule has 1 rings (SSSR count). The second kappa shape index (κ2) is 7.31. The van der Waals surface area contributed by atoms with Crippen molar-refractivity contribution in [2.24, 2.45) is 5.73 Å². The van der Waals surface area contributed by atoms with Gasteiger partial charge in [0.2, 0.25) is 0 Å². The molecule has 16 heavy (non-hydrogen) atoms. The minimum absolute atomic E-state index is 0.0573. The summed E-state index contributed by atoms with van der Waals surface area (Å²) in [5.41, 5.74) is 7.19. The summed E-state index contributed by atoms with van der Waals surface area (Å²) < 4.78 is 0.927. The van der Waals surface area contributed by atoms with Crippen LogP contribution in [0, 0.1) is 0 Å². The number of unbranched alkanes of at least 4 members (excludes halogenated alkanes) is 3. The van der Waals surface area contributed by atoms with Crippen LogP contribution in [0.15, 0.2) is 22.7 Å². The quantitative estimate of drug-likeness (QED) is 0.729. The van der Waals surface area contributed by atoms with E-state index in [2.05, 4.69) is 22.9 Å². The average molecular weight is 305 g/mol. The highest BCUT2D eigenvalue weighted by Gasteiger charge is 2.11. The van der Waals surface area contributed by atoms with Crippen molar-refractivity contribution in [2.45, 2.75) is 45.1 Å². The fraction of sp³-hybridized carbons (Fsp3) is 0.538. The van der Waals surface area contributed by atoms with E-state index in [1.807, 2.05) is 18.2 Å². The van der Waals surface area contributed by atoms with Crippen molar-refractivity contribution in [2.75, 3.05) is 0 Å². The van der Waals surface area contributed by atoms with Gasteiger partial charge in [0.1, 0.15) is 0 Å². The number of rotatable bonds is 6. The molecular formula is C13H19BrClN. The lowest BCUT2D eigenvalue weighted by molar-refractivity contribution is 0.566. The molecular weight excluding hydrogens is 286 g/mol. The molecule has 1 nitrogen and oxygen atoms in total. The molecule has 0 radical (unpaired) electrons. The van der Waals surface area contributed by atoms with Crippen molar-refractivity contribution < 1.29 is 0 Å². The smallest absolute Gasteiger partial charge is 0.0595 e. The topological polar surface area (TPSA) is 26.0 Å². The minimum Gasteiger partial charge on any atom is -0.324 e. The average Bonchev–Trinajstić information content (AvgIpc) is 2.28. The van der Waals surface area contributed by atoms with E-state index in [-0.39, 0.29) is 6.04 Å². The standard InChI is InChI=1S/C13H19BrClN/c1-2-3-4-5-9-12(16)10-7-6-8-11(14)13(10)15/h6-8,12H,2-5,9,16H2,1H3. The highest BCUT2D eigenvalue weighted by atomic mass is 79.9. The molecule has 0 fully saturated rings. The summed E-state index contributed by atoms with van der Waals surface area (Å²) in [4.78, 5) is 0. The fourth-order valence-electron chi connectivity index (χ4n) is 1.75. The van der Waals surface area contributed by atoms with Crippen LogP contribution >= 0.6 is 27.5 Å². The Kier molecular flexibility index (Phi) is 6.40. The molecule has 0 saturated heterocycles. The summed E-state index contributed by atoms with van der Waals surface area (Å²) in [7, 11) is 0. The molecule has 0 amide bonds. The van der Waals surface area contributed by atoms with Crippen LogP contribution in [0.25, 0.3) is 0 Å². The van der Waals surface area contributed by atoms with E-state index in [9.17, 15) is 0 Å². The van der Waals surface area contributed by atoms with E-state index in [0.29, 0.717) is 0 Å². The zero-order valence-corrected chi connectivity index (χ0v) is 12.0. The Morgan fingerprint density at radius 3 is 2.75 bits per heavy atom. The monoisotopic (exact) mass is 303 g/mol. The Balaban J connectivity index is 2.52. The highest BCUT2D eigenvalue weighted by Crippen LogP contribution is 2.31. The van der Waals surface area contributed by atoms with Crippen LogP contribution in [0.2, 0.25) is 5.02 Å². The first-order valence-corrected chi connectivity index (χ1v) is 7.03. The first-order valence-electron chi connectivity index (χ1n) is 5.86. The molecule has 0 aliphatic heterocycles. The molecule has 0 bridgehead atoms. The third-order valence-corrected chi connectivity index (χ3v) is 4.06. The lowest BCUT2D eigenvalue weighted by Crippen LogP contribution is -2.10. The van der Waals surface area contributed by atoms with Crippen LogP contribution in [0.4, 0.5) is 0 Å². The van der Waals surface area contributed by atoms with Crippen molar-refractivity contribution >= 4 is 27.5 Å². The summed E-state index contributed by atoms with van der Waals surface area (Å²) in [6.07, 6.45) is 6.00. The number of nitrogens with two attached hydrogens (primary N) is 1. The third-order valence-electron chi connectivity index (χ3n) is 2.75. The number of benzene rings is 1. The van der Waals surface area contributed by atoms with E-state index in [1.165, 1.54) is 25.7 Å². The molecule has 1 aromatic carbocycles. The lowest BCUT2D eigenvalue weighted by atomic mass is 10.0. The van der Waals surface area contributed by atoms with Crippen LogP contribution in [-0.2, 0) is 0 Å². The van der Waals surface area contributed by atoms with Gasteiger partial charge < -0.3 is 5.73 Å². The van der Waals surface area contributed by atoms with E-state index in [0.717, 1.165) is 21.5 Å². The summed E-state index contributed by atoms with van der Waals surface area (Å²) in [5.74, 6) is 0. The molecule has 2 N–H and O–H groups in total. The van der Waals surface area contributed by atoms with Crippen LogP contribution in [0.3, 0.4) is 0 Å². The predicted molar refractivity (Wildman–Crippen MR) is 74.8 cm³/mol. The lowest BCUT2D eigenvalue weighted by Gasteiger charge is -2.14. The van der Waals surface area contributed by atoms with Gasteiger partial charge in [-0.2, -0.15) is 0 Å². The molecule has 0 aliphatic carbocycles. The van der Waals surface area contributed by atoms with Gasteiger partial charge in [0.05, 0.1) is 5.02 Å². The second-order valence-electron chi connectivity index (χ2n) is 4.10. The molecule has 90 valence electrons. The molecule has 0 heterocycles. The minimum atomic E-state index is 0.0573. The van der Waals surface area contributed by atoms with Gasteiger partial charge in [-0.15, -0.1) is 0 Å². The van der Waals surface area contributed by atoms with Crippen molar-refractivity contribution in [1.29, 1.82) is 0 Å². The Labute approximate surface area is 111 Å². The second-order valence-corrected chi connectivity index (χ2v) is 5.33. The number of halogens is 2. The molecule has 1 unspecified atom stereocenters. The summed E-state index contributed by atoms with van der Waals surface area (Å²) in [5, 5.41) is 0.755. The van der Waals surface area contributed by atoms with Crippen molar-refractivity contribution in [3.63, 3.8) is 0 Å². The van der Waals surface area contributed by atoms with E-state index in [1.54, 1.807) is 0 Å². The van der Waals surface area contributed by atoms with Crippen molar-refractivity contribution in [1.82, 2.24) is 0 Å². The van der Waals surface area contributed by atoms with Gasteiger partial charge in [0.15, 0.2) is 0 Å². The normalized spacial score (nSPS) is 12.8. The van der Waals surface area contributed by atoms with Gasteiger partial charge in [-0.05, 0) is 34.0 Å². The Bertz CT molecular complexity index is 328. The summed E-state index contributed by atoms with van der Waals surface area (Å²) >= 11 is 9.62. The molecule has 3 heteroatoms. The van der Waals surface area contributed by atoms with Gasteiger partial charge in [-0.3, -0.25) is 0 Å². The Morgan fingerprint density at radius 2 is 2.06 bits per heavy atom. The molecule has 0 saturated carbocycles. The maximum Gasteiger partial charge on any atom is 0.0595 e. The predicted octanol–water partition coefficient (Wildman–Crippen LogP) is 5.07. The van der Waals surface area contributed by atoms with E-state index >= 15 is 0 Å². The largest absolute Gasteiger partial charge is 0.324 e. The van der Waals surface area contributed by atoms with Crippen LogP contribution in [-0.4, -0.2) is 0 Å². The zero-order valence-electron chi connectivity index (χ0n) is 9.68. The van der Waals surface area contributed by atoms with Gasteiger partial charge >= 0.3 is 0 Å². The summed E-state index contributed by atoms with van der Waals surface area (Å²) in [6.45, 7) is 2.21. The Morgan fingerprint density at radius 1 is 1.31 bits per heavy atom. The maximum absolute atomic E-state index is 6.20. The zero-order chi connectivity index (χ0) is 12.0. The van der Waals surface area contributed by atoms with Crippen molar-refractivity contribution in [3.8, 4) is 0 Å². The van der Waals surface area contributed by atoms with Gasteiger partial charge in [-0.25, -0.2) is 0 Å². The van der Waals surface area contributed by atoms with Crippen LogP contribution < -0.4 is 5.73 Å². The van der Waals surface area contributed by atoms with Crippen LogP contribution in [0.1, 0.15) is 50.6 Å². The molecule has 0 aromatic heterocycles. The Hall–Kier alpha value is -0.0500. The fourth-order valence-corrected chi connectivity index (χ4v) is 2.40. The summed E-state index contributed by atoms with van der Waals surface area (Å²) in [6, 6.07) is 5.99. The first-order chi connectivity index (χ1) is 7.66. The highest BCUT2D eigenvalue weighted by molar-refractivity contribution is 9.10. The van der Waals surface area contributed by atoms with E-state index < -0.39 is 0 Å². The molecule has 0 spiro atoms. The van der Waals surface area contributed by atoms with E-state index in [4.69, 9.17) is 17.3 Å². The van der Waals surface area contributed by atoms with Crippen LogP contribution in [0.5, 0.6) is 0 Å². The van der Waals surface area contributed by atoms with Crippen molar-refractivity contribution in [3.05, 3.63) is 33.3 Å². The van der Waals surface area contributed by atoms with Gasteiger partial charge in [0.25, 0.3) is 0 Å². The number of hydrogen-bond donors (Lipinski definition) is 1. The third kappa shape index (κ3) is 4.08. The molecule has 1 atom stereocenters. The maximum atomic E-state index is 6.20. The van der Waals surface area contributed by atoms with Gasteiger partial charge in [0, 0.05) is 10.5 Å². The SMILES string of the molecule is CCCCCCC(N)c1cccc(Br)c1Cl. The van der Waals surface area contributed by atoms with Gasteiger partial charge in [-0.1, -0.05) is 56.3 Å². The molecule has 1 aromatic rings. The first kappa shape index (κ1) is 14.0. The molecule has 0 aliphatic rings.